The second-order valence-electron chi connectivity index (χ2n) is 7.23. The maximum Gasteiger partial charge on any atom is 0.234 e. The number of carbonyl (C=O) groups excluding carboxylic acids is 1. The molecule has 0 aliphatic carbocycles. The number of benzene rings is 2. The Morgan fingerprint density at radius 2 is 1.88 bits per heavy atom. The molecule has 0 unspecified atom stereocenters. The van der Waals surface area contributed by atoms with E-state index in [-0.39, 0.29) is 11.7 Å². The predicted octanol–water partition coefficient (Wildman–Crippen LogP) is 3.54. The number of ether oxygens (including phenoxy) is 2. The van der Waals surface area contributed by atoms with Gasteiger partial charge in [-0.05, 0) is 43.3 Å². The molecule has 0 bridgehead atoms. The van der Waals surface area contributed by atoms with E-state index >= 15 is 0 Å². The van der Waals surface area contributed by atoms with Crippen LogP contribution >= 0.6 is 11.8 Å². The Labute approximate surface area is 191 Å². The number of amides is 1. The van der Waals surface area contributed by atoms with Crippen LogP contribution in [-0.4, -0.2) is 59.8 Å². The number of rotatable bonds is 8. The lowest BCUT2D eigenvalue weighted by molar-refractivity contribution is -0.113. The number of morpholine rings is 1. The molecule has 8 nitrogen and oxygen atoms in total. The monoisotopic (exact) mass is 453 g/mol. The molecule has 1 aromatic heterocycles. The van der Waals surface area contributed by atoms with Crippen molar-refractivity contribution < 1.29 is 14.3 Å². The topological polar surface area (TPSA) is 81.5 Å². The van der Waals surface area contributed by atoms with Crippen molar-refractivity contribution in [2.45, 2.75) is 18.6 Å². The number of hydrogen-bond donors (Lipinski definition) is 1. The normalized spacial score (nSPS) is 13.8. The molecule has 1 aliphatic rings. The smallest absolute Gasteiger partial charge is 0.234 e. The summed E-state index contributed by atoms with van der Waals surface area (Å²) in [6.45, 7) is 5.98. The predicted molar refractivity (Wildman–Crippen MR) is 127 cm³/mol. The van der Waals surface area contributed by atoms with Crippen molar-refractivity contribution in [1.29, 1.82) is 0 Å². The SMILES string of the molecule is CCn1c(SCC(=O)Nc2ccc(N3CCOCC3)cc2)nnc1-c1ccccc1OC. The summed E-state index contributed by atoms with van der Waals surface area (Å²) in [4.78, 5) is 14.8. The van der Waals surface area contributed by atoms with Crippen molar-refractivity contribution in [3.8, 4) is 17.1 Å². The molecule has 1 fully saturated rings. The van der Waals surface area contributed by atoms with E-state index in [1.807, 2.05) is 60.0 Å². The van der Waals surface area contributed by atoms with E-state index in [0.717, 1.165) is 54.8 Å². The number of nitrogens with one attached hydrogen (secondary N) is 1. The van der Waals surface area contributed by atoms with Gasteiger partial charge < -0.3 is 24.3 Å². The van der Waals surface area contributed by atoms with Gasteiger partial charge in [-0.15, -0.1) is 10.2 Å². The minimum Gasteiger partial charge on any atom is -0.496 e. The Morgan fingerprint density at radius 3 is 2.59 bits per heavy atom. The highest BCUT2D eigenvalue weighted by molar-refractivity contribution is 7.99. The molecule has 1 N–H and O–H groups in total. The summed E-state index contributed by atoms with van der Waals surface area (Å²) in [5.74, 6) is 1.63. The fraction of sp³-hybridized carbons (Fsp3) is 0.348. The van der Waals surface area contributed by atoms with Gasteiger partial charge in [0.2, 0.25) is 5.91 Å². The summed E-state index contributed by atoms with van der Waals surface area (Å²) >= 11 is 1.37. The van der Waals surface area contributed by atoms with Gasteiger partial charge in [0.1, 0.15) is 5.75 Å². The van der Waals surface area contributed by atoms with Gasteiger partial charge in [0, 0.05) is 31.0 Å². The second kappa shape index (κ2) is 10.5. The van der Waals surface area contributed by atoms with Gasteiger partial charge in [-0.3, -0.25) is 4.79 Å². The first-order valence-electron chi connectivity index (χ1n) is 10.6. The lowest BCUT2D eigenvalue weighted by Crippen LogP contribution is -2.36. The highest BCUT2D eigenvalue weighted by Gasteiger charge is 2.17. The molecule has 1 aliphatic heterocycles. The molecule has 3 aromatic rings. The van der Waals surface area contributed by atoms with E-state index in [2.05, 4.69) is 20.4 Å². The van der Waals surface area contributed by atoms with E-state index in [1.165, 1.54) is 11.8 Å². The van der Waals surface area contributed by atoms with Gasteiger partial charge in [-0.2, -0.15) is 0 Å². The Morgan fingerprint density at radius 1 is 1.12 bits per heavy atom. The first kappa shape index (κ1) is 22.2. The summed E-state index contributed by atoms with van der Waals surface area (Å²) < 4.78 is 12.8. The number of hydrogen-bond acceptors (Lipinski definition) is 7. The fourth-order valence-corrected chi connectivity index (χ4v) is 4.42. The molecule has 9 heteroatoms. The van der Waals surface area contributed by atoms with E-state index in [0.29, 0.717) is 11.7 Å². The maximum absolute atomic E-state index is 12.5. The average molecular weight is 454 g/mol. The first-order valence-corrected chi connectivity index (χ1v) is 11.6. The van der Waals surface area contributed by atoms with Gasteiger partial charge in [0.15, 0.2) is 11.0 Å². The quantitative estimate of drug-likeness (QED) is 0.523. The van der Waals surface area contributed by atoms with Gasteiger partial charge >= 0.3 is 0 Å². The van der Waals surface area contributed by atoms with Crippen LogP contribution in [0.25, 0.3) is 11.4 Å². The van der Waals surface area contributed by atoms with Crippen molar-refractivity contribution >= 4 is 29.0 Å². The number of carbonyl (C=O) groups is 1. The summed E-state index contributed by atoms with van der Waals surface area (Å²) in [7, 11) is 1.64. The van der Waals surface area contributed by atoms with Crippen LogP contribution < -0.4 is 15.0 Å². The van der Waals surface area contributed by atoms with Crippen molar-refractivity contribution in [3.05, 3.63) is 48.5 Å². The van der Waals surface area contributed by atoms with E-state index in [1.54, 1.807) is 7.11 Å². The minimum atomic E-state index is -0.0846. The van der Waals surface area contributed by atoms with Gasteiger partial charge in [-0.1, -0.05) is 23.9 Å². The Kier molecular flexibility index (Phi) is 7.28. The Bertz CT molecular complexity index is 1050. The van der Waals surface area contributed by atoms with Crippen LogP contribution in [0.2, 0.25) is 0 Å². The van der Waals surface area contributed by atoms with E-state index in [4.69, 9.17) is 9.47 Å². The molecule has 2 heterocycles. The maximum atomic E-state index is 12.5. The van der Waals surface area contributed by atoms with Crippen molar-refractivity contribution in [2.24, 2.45) is 0 Å². The van der Waals surface area contributed by atoms with Gasteiger partial charge in [-0.25, -0.2) is 0 Å². The molecule has 1 saturated heterocycles. The molecule has 0 atom stereocenters. The highest BCUT2D eigenvalue weighted by atomic mass is 32.2. The molecule has 32 heavy (non-hydrogen) atoms. The zero-order valence-electron chi connectivity index (χ0n) is 18.3. The van der Waals surface area contributed by atoms with Crippen LogP contribution in [0.3, 0.4) is 0 Å². The number of thioether (sulfide) groups is 1. The Balaban J connectivity index is 1.37. The van der Waals surface area contributed by atoms with Crippen LogP contribution in [0.1, 0.15) is 6.92 Å². The third-order valence-corrected chi connectivity index (χ3v) is 6.21. The molecule has 2 aromatic carbocycles. The van der Waals surface area contributed by atoms with Gasteiger partial charge in [0.25, 0.3) is 0 Å². The number of para-hydroxylation sites is 1. The van der Waals surface area contributed by atoms with Crippen molar-refractivity contribution in [3.63, 3.8) is 0 Å². The zero-order chi connectivity index (χ0) is 22.3. The number of methoxy groups -OCH3 is 1. The summed E-state index contributed by atoms with van der Waals surface area (Å²) in [6.07, 6.45) is 0. The molecular formula is C23H27N5O3S. The van der Waals surface area contributed by atoms with Crippen LogP contribution in [0, 0.1) is 0 Å². The minimum absolute atomic E-state index is 0.0846. The largest absolute Gasteiger partial charge is 0.496 e. The highest BCUT2D eigenvalue weighted by Crippen LogP contribution is 2.30. The van der Waals surface area contributed by atoms with Crippen molar-refractivity contribution in [2.75, 3.05) is 49.4 Å². The fourth-order valence-electron chi connectivity index (χ4n) is 3.61. The number of nitrogens with zero attached hydrogens (tertiary/aromatic N) is 4. The zero-order valence-corrected chi connectivity index (χ0v) is 19.1. The van der Waals surface area contributed by atoms with Crippen LogP contribution in [0.4, 0.5) is 11.4 Å². The third-order valence-electron chi connectivity index (χ3n) is 5.24. The molecule has 1 amide bonds. The summed E-state index contributed by atoms with van der Waals surface area (Å²) in [6, 6.07) is 15.6. The molecular weight excluding hydrogens is 426 g/mol. The lowest BCUT2D eigenvalue weighted by atomic mass is 10.2. The van der Waals surface area contributed by atoms with Crippen LogP contribution in [-0.2, 0) is 16.1 Å². The summed E-state index contributed by atoms with van der Waals surface area (Å²) in [5.41, 5.74) is 2.79. The lowest BCUT2D eigenvalue weighted by Gasteiger charge is -2.28. The van der Waals surface area contributed by atoms with E-state index in [9.17, 15) is 4.79 Å². The standard InChI is InChI=1S/C23H27N5O3S/c1-3-28-22(19-6-4-5-7-20(19)30-2)25-26-23(28)32-16-21(29)24-17-8-10-18(11-9-17)27-12-14-31-15-13-27/h4-11H,3,12-16H2,1-2H3,(H,24,29). The molecule has 168 valence electrons. The van der Waals surface area contributed by atoms with Gasteiger partial charge in [0.05, 0.1) is 31.6 Å². The van der Waals surface area contributed by atoms with E-state index < -0.39 is 0 Å². The third kappa shape index (κ3) is 5.05. The number of anilines is 2. The Hall–Kier alpha value is -3.04. The van der Waals surface area contributed by atoms with Crippen LogP contribution in [0.15, 0.2) is 53.7 Å². The molecule has 0 saturated carbocycles. The first-order chi connectivity index (χ1) is 15.7. The molecule has 0 radical (unpaired) electrons. The van der Waals surface area contributed by atoms with Crippen LogP contribution in [0.5, 0.6) is 5.75 Å². The summed E-state index contributed by atoms with van der Waals surface area (Å²) in [5, 5.41) is 12.3. The average Bonchev–Trinajstić information content (AvgIpc) is 3.26. The van der Waals surface area contributed by atoms with Crippen molar-refractivity contribution in [1.82, 2.24) is 14.8 Å². The second-order valence-corrected chi connectivity index (χ2v) is 8.18. The molecule has 4 rings (SSSR count). The molecule has 0 spiro atoms. The number of aromatic nitrogens is 3.